The van der Waals surface area contributed by atoms with E-state index >= 15 is 0 Å². The van der Waals surface area contributed by atoms with Gasteiger partial charge in [0.25, 0.3) is 0 Å². The highest BCUT2D eigenvalue weighted by atomic mass is 16.5. The molecule has 72 valence electrons. The van der Waals surface area contributed by atoms with Gasteiger partial charge in [-0.3, -0.25) is 0 Å². The minimum absolute atomic E-state index is 0.0373. The van der Waals surface area contributed by atoms with Crippen molar-refractivity contribution in [1.29, 1.82) is 0 Å². The van der Waals surface area contributed by atoms with E-state index in [4.69, 9.17) is 9.84 Å². The molecule has 13 heavy (non-hydrogen) atoms. The number of hydrogen-bond donors (Lipinski definition) is 1. The van der Waals surface area contributed by atoms with Crippen molar-refractivity contribution in [2.75, 3.05) is 7.11 Å². The van der Waals surface area contributed by atoms with Gasteiger partial charge in [-0.25, -0.2) is 0 Å². The highest BCUT2D eigenvalue weighted by molar-refractivity contribution is 5.37. The molecule has 2 nitrogen and oxygen atoms in total. The molecule has 0 aromatic heterocycles. The molecule has 0 atom stereocenters. The van der Waals surface area contributed by atoms with Crippen molar-refractivity contribution in [3.8, 4) is 5.75 Å². The van der Waals surface area contributed by atoms with Crippen LogP contribution in [0.1, 0.15) is 24.5 Å². The SMILES string of the molecule is CCCc1ccc(CO)c(OC)c1. The molecule has 0 unspecified atom stereocenters. The molecule has 0 saturated carbocycles. The number of benzene rings is 1. The van der Waals surface area contributed by atoms with E-state index in [0.717, 1.165) is 24.2 Å². The summed E-state index contributed by atoms with van der Waals surface area (Å²) in [6, 6.07) is 5.95. The standard InChI is InChI=1S/C11H16O2/c1-3-4-9-5-6-10(8-12)11(7-9)13-2/h5-7,12H,3-4,8H2,1-2H3. The van der Waals surface area contributed by atoms with Gasteiger partial charge in [0, 0.05) is 5.56 Å². The molecule has 0 fully saturated rings. The predicted molar refractivity (Wildman–Crippen MR) is 52.9 cm³/mol. The van der Waals surface area contributed by atoms with Gasteiger partial charge in [-0.05, 0) is 18.1 Å². The zero-order chi connectivity index (χ0) is 9.68. The van der Waals surface area contributed by atoms with Crippen LogP contribution in [0.4, 0.5) is 0 Å². The fourth-order valence-electron chi connectivity index (χ4n) is 1.36. The van der Waals surface area contributed by atoms with E-state index < -0.39 is 0 Å². The van der Waals surface area contributed by atoms with Gasteiger partial charge in [0.2, 0.25) is 0 Å². The van der Waals surface area contributed by atoms with Crippen LogP contribution in [0.2, 0.25) is 0 Å². The Bertz CT molecular complexity index is 269. The zero-order valence-corrected chi connectivity index (χ0v) is 8.21. The lowest BCUT2D eigenvalue weighted by Crippen LogP contribution is -1.93. The monoisotopic (exact) mass is 180 g/mol. The minimum atomic E-state index is 0.0373. The molecule has 0 spiro atoms. The Balaban J connectivity index is 2.91. The van der Waals surface area contributed by atoms with E-state index in [1.54, 1.807) is 7.11 Å². The fraction of sp³-hybridized carbons (Fsp3) is 0.455. The third-order valence-corrected chi connectivity index (χ3v) is 2.06. The number of rotatable bonds is 4. The first kappa shape index (κ1) is 10.1. The van der Waals surface area contributed by atoms with Crippen molar-refractivity contribution >= 4 is 0 Å². The molecule has 1 N–H and O–H groups in total. The molecule has 0 aliphatic heterocycles. The lowest BCUT2D eigenvalue weighted by atomic mass is 10.1. The summed E-state index contributed by atoms with van der Waals surface area (Å²) < 4.78 is 5.16. The van der Waals surface area contributed by atoms with E-state index in [1.807, 2.05) is 18.2 Å². The summed E-state index contributed by atoms with van der Waals surface area (Å²) in [6.07, 6.45) is 2.18. The maximum atomic E-state index is 8.99. The Morgan fingerprint density at radius 2 is 2.15 bits per heavy atom. The smallest absolute Gasteiger partial charge is 0.124 e. The highest BCUT2D eigenvalue weighted by Gasteiger charge is 2.02. The lowest BCUT2D eigenvalue weighted by Gasteiger charge is -2.07. The molecule has 1 aromatic rings. The Morgan fingerprint density at radius 1 is 1.38 bits per heavy atom. The normalized spacial score (nSPS) is 10.1. The summed E-state index contributed by atoms with van der Waals surface area (Å²) in [5.41, 5.74) is 2.11. The van der Waals surface area contributed by atoms with E-state index in [1.165, 1.54) is 5.56 Å². The van der Waals surface area contributed by atoms with Gasteiger partial charge in [-0.1, -0.05) is 25.5 Å². The van der Waals surface area contributed by atoms with Gasteiger partial charge in [0.1, 0.15) is 5.75 Å². The van der Waals surface area contributed by atoms with Crippen LogP contribution in [0, 0.1) is 0 Å². The van der Waals surface area contributed by atoms with Gasteiger partial charge in [-0.2, -0.15) is 0 Å². The summed E-state index contributed by atoms with van der Waals surface area (Å²) in [5.74, 6) is 0.786. The van der Waals surface area contributed by atoms with Crippen LogP contribution in [-0.4, -0.2) is 12.2 Å². The number of methoxy groups -OCH3 is 1. The van der Waals surface area contributed by atoms with Crippen LogP contribution in [-0.2, 0) is 13.0 Å². The largest absolute Gasteiger partial charge is 0.496 e. The lowest BCUT2D eigenvalue weighted by molar-refractivity contribution is 0.273. The average molecular weight is 180 g/mol. The molecule has 0 saturated heterocycles. The maximum Gasteiger partial charge on any atom is 0.124 e. The summed E-state index contributed by atoms with van der Waals surface area (Å²) in [7, 11) is 1.63. The van der Waals surface area contributed by atoms with Crippen molar-refractivity contribution in [3.05, 3.63) is 29.3 Å². The topological polar surface area (TPSA) is 29.5 Å². The highest BCUT2D eigenvalue weighted by Crippen LogP contribution is 2.20. The molecule has 1 rings (SSSR count). The molecule has 0 radical (unpaired) electrons. The molecule has 0 aliphatic carbocycles. The predicted octanol–water partition coefficient (Wildman–Crippen LogP) is 2.14. The van der Waals surface area contributed by atoms with Gasteiger partial charge in [0.15, 0.2) is 0 Å². The van der Waals surface area contributed by atoms with Crippen LogP contribution >= 0.6 is 0 Å². The van der Waals surface area contributed by atoms with Gasteiger partial charge < -0.3 is 9.84 Å². The zero-order valence-electron chi connectivity index (χ0n) is 8.21. The van der Waals surface area contributed by atoms with E-state index in [0.29, 0.717) is 0 Å². The van der Waals surface area contributed by atoms with Crippen molar-refractivity contribution < 1.29 is 9.84 Å². The molecule has 0 aliphatic rings. The quantitative estimate of drug-likeness (QED) is 0.769. The van der Waals surface area contributed by atoms with Gasteiger partial charge in [-0.15, -0.1) is 0 Å². The maximum absolute atomic E-state index is 8.99. The van der Waals surface area contributed by atoms with Gasteiger partial charge in [0.05, 0.1) is 13.7 Å². The van der Waals surface area contributed by atoms with Crippen molar-refractivity contribution in [2.24, 2.45) is 0 Å². The molecule has 0 amide bonds. The van der Waals surface area contributed by atoms with Crippen LogP contribution in [0.15, 0.2) is 18.2 Å². The van der Waals surface area contributed by atoms with Crippen LogP contribution < -0.4 is 4.74 Å². The second-order valence-corrected chi connectivity index (χ2v) is 3.05. The van der Waals surface area contributed by atoms with E-state index in [9.17, 15) is 0 Å². The van der Waals surface area contributed by atoms with E-state index in [-0.39, 0.29) is 6.61 Å². The molecule has 2 heteroatoms. The van der Waals surface area contributed by atoms with Crippen LogP contribution in [0.5, 0.6) is 5.75 Å². The van der Waals surface area contributed by atoms with Gasteiger partial charge >= 0.3 is 0 Å². The van der Waals surface area contributed by atoms with Crippen LogP contribution in [0.3, 0.4) is 0 Å². The number of aliphatic hydroxyl groups is 1. The van der Waals surface area contributed by atoms with Crippen molar-refractivity contribution in [1.82, 2.24) is 0 Å². The molecular formula is C11H16O2. The Morgan fingerprint density at radius 3 is 2.69 bits per heavy atom. The van der Waals surface area contributed by atoms with Crippen molar-refractivity contribution in [2.45, 2.75) is 26.4 Å². The third kappa shape index (κ3) is 2.46. The molecule has 0 heterocycles. The first-order valence-electron chi connectivity index (χ1n) is 4.58. The number of aryl methyl sites for hydroxylation is 1. The molecular weight excluding hydrogens is 164 g/mol. The summed E-state index contributed by atoms with van der Waals surface area (Å²) in [4.78, 5) is 0. The van der Waals surface area contributed by atoms with E-state index in [2.05, 4.69) is 6.92 Å². The van der Waals surface area contributed by atoms with Crippen molar-refractivity contribution in [3.63, 3.8) is 0 Å². The molecule has 1 aromatic carbocycles. The Hall–Kier alpha value is -1.02. The minimum Gasteiger partial charge on any atom is -0.496 e. The second-order valence-electron chi connectivity index (χ2n) is 3.05. The number of aliphatic hydroxyl groups excluding tert-OH is 1. The summed E-state index contributed by atoms with van der Waals surface area (Å²) in [5, 5.41) is 8.99. The number of ether oxygens (including phenoxy) is 1. The third-order valence-electron chi connectivity index (χ3n) is 2.06. The molecule has 0 bridgehead atoms. The first-order valence-corrected chi connectivity index (χ1v) is 4.58. The average Bonchev–Trinajstić information content (AvgIpc) is 2.18. The fourth-order valence-corrected chi connectivity index (χ4v) is 1.36. The Labute approximate surface area is 79.2 Å². The Kier molecular flexibility index (Phi) is 3.77. The summed E-state index contributed by atoms with van der Waals surface area (Å²) >= 11 is 0. The number of hydrogen-bond acceptors (Lipinski definition) is 2. The van der Waals surface area contributed by atoms with Crippen LogP contribution in [0.25, 0.3) is 0 Å². The second kappa shape index (κ2) is 4.87. The first-order chi connectivity index (χ1) is 6.31. The summed E-state index contributed by atoms with van der Waals surface area (Å²) in [6.45, 7) is 2.18.